The predicted molar refractivity (Wildman–Crippen MR) is 151 cm³/mol. The van der Waals surface area contributed by atoms with Crippen LogP contribution in [-0.2, 0) is 28.3 Å². The fourth-order valence-corrected chi connectivity index (χ4v) is 4.82. The highest BCUT2D eigenvalue weighted by atomic mass is 35.5. The zero-order valence-corrected chi connectivity index (χ0v) is 23.0. The summed E-state index contributed by atoms with van der Waals surface area (Å²) in [7, 11) is 0. The van der Waals surface area contributed by atoms with Crippen molar-refractivity contribution in [2.24, 2.45) is 0 Å². The zero-order chi connectivity index (χ0) is 25.9. The van der Waals surface area contributed by atoms with Crippen LogP contribution in [0.3, 0.4) is 0 Å². The van der Waals surface area contributed by atoms with Crippen LogP contribution in [0.1, 0.15) is 37.0 Å². The highest BCUT2D eigenvalue weighted by Crippen LogP contribution is 2.20. The lowest BCUT2D eigenvalue weighted by Gasteiger charge is -2.32. The Labute approximate surface area is 228 Å². The first-order valence-corrected chi connectivity index (χ1v) is 14.0. The molecule has 0 saturated carbocycles. The molecule has 3 aromatic rings. The van der Waals surface area contributed by atoms with Gasteiger partial charge in [-0.2, -0.15) is 0 Å². The average molecular weight is 544 g/mol. The number of hydrogen-bond acceptors (Lipinski definition) is 3. The minimum atomic E-state index is -0.638. The first kappa shape index (κ1) is 28.1. The first-order valence-electron chi connectivity index (χ1n) is 12.1. The summed E-state index contributed by atoms with van der Waals surface area (Å²) in [5, 5.41) is 4.41. The van der Waals surface area contributed by atoms with Gasteiger partial charge in [0.1, 0.15) is 6.04 Å². The third-order valence-electron chi connectivity index (χ3n) is 5.95. The van der Waals surface area contributed by atoms with Crippen molar-refractivity contribution in [1.29, 1.82) is 0 Å². The molecule has 0 unspecified atom stereocenters. The van der Waals surface area contributed by atoms with E-state index in [4.69, 9.17) is 23.2 Å². The molecule has 1 N–H and O–H groups in total. The van der Waals surface area contributed by atoms with Gasteiger partial charge >= 0.3 is 0 Å². The van der Waals surface area contributed by atoms with E-state index in [0.717, 1.165) is 23.1 Å². The van der Waals surface area contributed by atoms with Gasteiger partial charge < -0.3 is 10.2 Å². The number of benzene rings is 3. The standard InChI is InChI=1S/C29H32Cl2N2O2S/c1-3-21(2)32-29(35)27(17-22-7-5-4-6-8-22)33(18-23-9-13-25(30)14-10-23)28(34)20-36-19-24-11-15-26(31)16-12-24/h4-16,21,27H,3,17-20H2,1-2H3,(H,32,35)/t21-,27-/m1/s1. The zero-order valence-electron chi connectivity index (χ0n) is 20.6. The summed E-state index contributed by atoms with van der Waals surface area (Å²) in [5.74, 6) is 0.723. The van der Waals surface area contributed by atoms with Crippen LogP contribution in [-0.4, -0.2) is 34.6 Å². The lowest BCUT2D eigenvalue weighted by atomic mass is 10.0. The number of rotatable bonds is 12. The molecule has 2 atom stereocenters. The van der Waals surface area contributed by atoms with Crippen LogP contribution >= 0.6 is 35.0 Å². The molecule has 2 amide bonds. The third kappa shape index (κ3) is 8.88. The Bertz CT molecular complexity index is 1110. The minimum absolute atomic E-state index is 0.0162. The second-order valence-corrected chi connectivity index (χ2v) is 10.6. The Kier molecular flexibility index (Phi) is 11.2. The smallest absolute Gasteiger partial charge is 0.243 e. The Hall–Kier alpha value is -2.47. The summed E-state index contributed by atoms with van der Waals surface area (Å²) in [5.41, 5.74) is 3.02. The van der Waals surface area contributed by atoms with Gasteiger partial charge in [0.2, 0.25) is 11.8 Å². The molecule has 0 aliphatic rings. The molecule has 0 bridgehead atoms. The summed E-state index contributed by atoms with van der Waals surface area (Å²) in [4.78, 5) is 28.8. The van der Waals surface area contributed by atoms with Crippen molar-refractivity contribution in [3.63, 3.8) is 0 Å². The predicted octanol–water partition coefficient (Wildman–Crippen LogP) is 6.78. The number of amides is 2. The van der Waals surface area contributed by atoms with Crippen molar-refractivity contribution < 1.29 is 9.59 Å². The molecule has 0 radical (unpaired) electrons. The van der Waals surface area contributed by atoms with Crippen molar-refractivity contribution in [3.8, 4) is 0 Å². The van der Waals surface area contributed by atoms with Gasteiger partial charge in [0.15, 0.2) is 0 Å². The molecule has 3 rings (SSSR count). The van der Waals surface area contributed by atoms with Crippen LogP contribution in [0.15, 0.2) is 78.9 Å². The van der Waals surface area contributed by atoms with E-state index in [0.29, 0.717) is 28.8 Å². The molecule has 3 aromatic carbocycles. The van der Waals surface area contributed by atoms with Crippen LogP contribution in [0.2, 0.25) is 10.0 Å². The molecule has 7 heteroatoms. The number of carbonyl (C=O) groups excluding carboxylic acids is 2. The van der Waals surface area contributed by atoms with Crippen LogP contribution in [0, 0.1) is 0 Å². The lowest BCUT2D eigenvalue weighted by molar-refractivity contribution is -0.139. The summed E-state index contributed by atoms with van der Waals surface area (Å²) < 4.78 is 0. The van der Waals surface area contributed by atoms with Gasteiger partial charge in [0.05, 0.1) is 5.75 Å². The summed E-state index contributed by atoms with van der Waals surface area (Å²) >= 11 is 13.6. The van der Waals surface area contributed by atoms with E-state index in [2.05, 4.69) is 5.32 Å². The van der Waals surface area contributed by atoms with E-state index >= 15 is 0 Å². The van der Waals surface area contributed by atoms with Crippen molar-refractivity contribution in [3.05, 3.63) is 106 Å². The lowest BCUT2D eigenvalue weighted by Crippen LogP contribution is -2.52. The monoisotopic (exact) mass is 542 g/mol. The molecular weight excluding hydrogens is 511 g/mol. The average Bonchev–Trinajstić information content (AvgIpc) is 2.88. The van der Waals surface area contributed by atoms with Crippen LogP contribution in [0.4, 0.5) is 0 Å². The van der Waals surface area contributed by atoms with Crippen molar-refractivity contribution in [1.82, 2.24) is 10.2 Å². The summed E-state index contributed by atoms with van der Waals surface area (Å²) in [6, 6.07) is 24.2. The maximum Gasteiger partial charge on any atom is 0.243 e. The molecule has 0 aliphatic carbocycles. The Morgan fingerprint density at radius 3 is 2.03 bits per heavy atom. The number of halogens is 2. The van der Waals surface area contributed by atoms with E-state index in [9.17, 15) is 9.59 Å². The highest BCUT2D eigenvalue weighted by molar-refractivity contribution is 7.99. The third-order valence-corrected chi connectivity index (χ3v) is 7.44. The van der Waals surface area contributed by atoms with Crippen molar-refractivity contribution >= 4 is 46.8 Å². The van der Waals surface area contributed by atoms with Gasteiger partial charge in [-0.3, -0.25) is 9.59 Å². The summed E-state index contributed by atoms with van der Waals surface area (Å²) in [6.45, 7) is 4.33. The molecular formula is C29H32Cl2N2O2S. The van der Waals surface area contributed by atoms with Crippen LogP contribution in [0.25, 0.3) is 0 Å². The van der Waals surface area contributed by atoms with Gasteiger partial charge in [-0.15, -0.1) is 11.8 Å². The van der Waals surface area contributed by atoms with E-state index in [1.54, 1.807) is 17.0 Å². The molecule has 190 valence electrons. The summed E-state index contributed by atoms with van der Waals surface area (Å²) in [6.07, 6.45) is 1.25. The maximum absolute atomic E-state index is 13.6. The quantitative estimate of drug-likeness (QED) is 0.274. The number of nitrogens with one attached hydrogen (secondary N) is 1. The normalized spacial score (nSPS) is 12.6. The van der Waals surface area contributed by atoms with Gasteiger partial charge in [0.25, 0.3) is 0 Å². The molecule has 0 heterocycles. The second kappa shape index (κ2) is 14.3. The molecule has 0 aliphatic heterocycles. The Morgan fingerprint density at radius 1 is 0.861 bits per heavy atom. The van der Waals surface area contributed by atoms with Crippen LogP contribution < -0.4 is 5.32 Å². The number of thioether (sulfide) groups is 1. The molecule has 0 fully saturated rings. The van der Waals surface area contributed by atoms with Gasteiger partial charge in [-0.1, -0.05) is 84.7 Å². The second-order valence-electron chi connectivity index (χ2n) is 8.79. The van der Waals surface area contributed by atoms with Crippen LogP contribution in [0.5, 0.6) is 0 Å². The highest BCUT2D eigenvalue weighted by Gasteiger charge is 2.30. The topological polar surface area (TPSA) is 49.4 Å². The molecule has 4 nitrogen and oxygen atoms in total. The molecule has 0 spiro atoms. The van der Waals surface area contributed by atoms with Crippen molar-refractivity contribution in [2.45, 2.75) is 51.1 Å². The van der Waals surface area contributed by atoms with Gasteiger partial charge in [-0.25, -0.2) is 0 Å². The Morgan fingerprint density at radius 2 is 1.44 bits per heavy atom. The maximum atomic E-state index is 13.6. The van der Waals surface area contributed by atoms with E-state index in [1.807, 2.05) is 80.6 Å². The van der Waals surface area contributed by atoms with E-state index < -0.39 is 6.04 Å². The van der Waals surface area contributed by atoms with Gasteiger partial charge in [-0.05, 0) is 54.3 Å². The largest absolute Gasteiger partial charge is 0.352 e. The number of carbonyl (C=O) groups is 2. The first-order chi connectivity index (χ1) is 17.4. The van der Waals surface area contributed by atoms with E-state index in [1.165, 1.54) is 11.8 Å². The number of nitrogens with zero attached hydrogens (tertiary/aromatic N) is 1. The molecule has 0 aromatic heterocycles. The van der Waals surface area contributed by atoms with Crippen molar-refractivity contribution in [2.75, 3.05) is 5.75 Å². The Balaban J connectivity index is 1.84. The SMILES string of the molecule is CC[C@@H](C)NC(=O)[C@@H](Cc1ccccc1)N(Cc1ccc(Cl)cc1)C(=O)CSCc1ccc(Cl)cc1. The fraction of sp³-hybridized carbons (Fsp3) is 0.310. The van der Waals surface area contributed by atoms with E-state index in [-0.39, 0.29) is 23.6 Å². The van der Waals surface area contributed by atoms with Gasteiger partial charge in [0, 0.05) is 34.8 Å². The minimum Gasteiger partial charge on any atom is -0.352 e. The molecule has 36 heavy (non-hydrogen) atoms. The fourth-order valence-electron chi connectivity index (χ4n) is 3.70. The number of hydrogen-bond donors (Lipinski definition) is 1. The molecule has 0 saturated heterocycles.